The summed E-state index contributed by atoms with van der Waals surface area (Å²) in [6.45, 7) is 6.53. The van der Waals surface area contributed by atoms with Gasteiger partial charge in [0.05, 0.1) is 9.82 Å². The molecule has 0 saturated heterocycles. The molecule has 0 fully saturated rings. The minimum Gasteiger partial charge on any atom is -0.378 e. The first kappa shape index (κ1) is 22.7. The van der Waals surface area contributed by atoms with Gasteiger partial charge in [0.15, 0.2) is 15.8 Å². The number of hydrogen-bond donors (Lipinski definition) is 3. The molecule has 0 saturated carbocycles. The summed E-state index contributed by atoms with van der Waals surface area (Å²) in [6.07, 6.45) is 4.33. The largest absolute Gasteiger partial charge is 0.378 e. The molecule has 0 unspecified atom stereocenters. The van der Waals surface area contributed by atoms with Crippen LogP contribution in [0.25, 0.3) is 0 Å². The summed E-state index contributed by atoms with van der Waals surface area (Å²) >= 11 is 0. The molecule has 1 aromatic rings. The Hall–Kier alpha value is -2.36. The van der Waals surface area contributed by atoms with Crippen LogP contribution in [0, 0.1) is 10.1 Å². The van der Waals surface area contributed by atoms with Gasteiger partial charge in [-0.25, -0.2) is 8.42 Å². The maximum absolute atomic E-state index is 11.6. The van der Waals surface area contributed by atoms with Crippen molar-refractivity contribution in [2.24, 2.45) is 4.99 Å². The lowest BCUT2D eigenvalue weighted by Gasteiger charge is -2.12. The van der Waals surface area contributed by atoms with Gasteiger partial charge in [0.25, 0.3) is 5.69 Å². The first-order valence-electron chi connectivity index (χ1n) is 9.04. The predicted molar refractivity (Wildman–Crippen MR) is 108 cm³/mol. The second kappa shape index (κ2) is 11.4. The van der Waals surface area contributed by atoms with Crippen LogP contribution in [0.1, 0.15) is 33.1 Å². The lowest BCUT2D eigenvalue weighted by molar-refractivity contribution is -0.384. The van der Waals surface area contributed by atoms with Gasteiger partial charge in [0.1, 0.15) is 5.69 Å². The van der Waals surface area contributed by atoms with Crippen LogP contribution in [0.2, 0.25) is 0 Å². The molecule has 0 radical (unpaired) electrons. The van der Waals surface area contributed by atoms with Gasteiger partial charge in [-0.05, 0) is 25.5 Å². The zero-order chi connectivity index (χ0) is 20.3. The Balaban J connectivity index is 2.65. The van der Waals surface area contributed by atoms with Crippen LogP contribution < -0.4 is 16.0 Å². The van der Waals surface area contributed by atoms with Gasteiger partial charge >= 0.3 is 0 Å². The number of sulfone groups is 1. The van der Waals surface area contributed by atoms with Crippen LogP contribution in [0.3, 0.4) is 0 Å². The fourth-order valence-electron chi connectivity index (χ4n) is 2.32. The maximum Gasteiger partial charge on any atom is 0.293 e. The van der Waals surface area contributed by atoms with Crippen molar-refractivity contribution in [2.75, 3.05) is 37.8 Å². The molecule has 0 aromatic heterocycles. The van der Waals surface area contributed by atoms with Crippen LogP contribution in [0.4, 0.5) is 11.4 Å². The van der Waals surface area contributed by atoms with Gasteiger partial charge in [-0.1, -0.05) is 19.8 Å². The number of benzene rings is 1. The Morgan fingerprint density at radius 2 is 1.93 bits per heavy atom. The van der Waals surface area contributed by atoms with E-state index in [1.165, 1.54) is 12.1 Å². The molecule has 10 heteroatoms. The van der Waals surface area contributed by atoms with Gasteiger partial charge in [-0.2, -0.15) is 0 Å². The molecule has 1 rings (SSSR count). The topological polar surface area (TPSA) is 126 Å². The summed E-state index contributed by atoms with van der Waals surface area (Å²) in [5, 5.41) is 20.5. The molecule has 0 bridgehead atoms. The number of rotatable bonds is 11. The van der Waals surface area contributed by atoms with Crippen molar-refractivity contribution in [3.05, 3.63) is 28.3 Å². The van der Waals surface area contributed by atoms with E-state index in [4.69, 9.17) is 0 Å². The van der Waals surface area contributed by atoms with Gasteiger partial charge < -0.3 is 16.0 Å². The fourth-order valence-corrected chi connectivity index (χ4v) is 2.96. The predicted octanol–water partition coefficient (Wildman–Crippen LogP) is 2.16. The monoisotopic (exact) mass is 399 g/mol. The number of guanidine groups is 1. The van der Waals surface area contributed by atoms with Crippen LogP contribution >= 0.6 is 0 Å². The minimum absolute atomic E-state index is 0.0773. The van der Waals surface area contributed by atoms with E-state index >= 15 is 0 Å². The van der Waals surface area contributed by atoms with Gasteiger partial charge in [-0.3, -0.25) is 15.1 Å². The molecule has 0 atom stereocenters. The minimum atomic E-state index is -3.50. The van der Waals surface area contributed by atoms with Crippen LogP contribution in [0.5, 0.6) is 0 Å². The summed E-state index contributed by atoms with van der Waals surface area (Å²) in [7, 11) is -3.50. The van der Waals surface area contributed by atoms with E-state index in [1.54, 1.807) is 0 Å². The third kappa shape index (κ3) is 8.25. The van der Waals surface area contributed by atoms with E-state index in [0.29, 0.717) is 19.0 Å². The smallest absolute Gasteiger partial charge is 0.293 e. The van der Waals surface area contributed by atoms with Crippen molar-refractivity contribution in [2.45, 2.75) is 38.0 Å². The quantitative estimate of drug-likeness (QED) is 0.171. The third-order valence-corrected chi connectivity index (χ3v) is 4.81. The third-order valence-electron chi connectivity index (χ3n) is 3.70. The van der Waals surface area contributed by atoms with Crippen molar-refractivity contribution in [1.29, 1.82) is 0 Å². The molecule has 0 amide bonds. The number of nitrogens with zero attached hydrogens (tertiary/aromatic N) is 2. The Bertz CT molecular complexity index is 750. The van der Waals surface area contributed by atoms with E-state index in [0.717, 1.165) is 44.7 Å². The number of nitro groups is 1. The van der Waals surface area contributed by atoms with Crippen molar-refractivity contribution >= 4 is 27.2 Å². The highest BCUT2D eigenvalue weighted by molar-refractivity contribution is 7.90. The molecule has 0 aliphatic carbocycles. The molecular weight excluding hydrogens is 370 g/mol. The summed E-state index contributed by atoms with van der Waals surface area (Å²) < 4.78 is 23.1. The van der Waals surface area contributed by atoms with E-state index in [2.05, 4.69) is 27.9 Å². The Kier molecular flexibility index (Phi) is 9.55. The number of hydrogen-bond acceptors (Lipinski definition) is 6. The molecule has 3 N–H and O–H groups in total. The highest BCUT2D eigenvalue weighted by atomic mass is 32.2. The van der Waals surface area contributed by atoms with E-state index in [1.807, 2.05) is 6.92 Å². The number of nitrogens with one attached hydrogen (secondary N) is 3. The first-order chi connectivity index (χ1) is 12.8. The SMILES string of the molecule is CCCCCN=C(NCC)NCCNc1ccc(S(C)(=O)=O)cc1[N+](=O)[O-]. The lowest BCUT2D eigenvalue weighted by atomic mass is 10.2. The molecular formula is C17H29N5O4S. The van der Waals surface area contributed by atoms with Crippen LogP contribution in [-0.4, -0.2) is 51.7 Å². The normalized spacial score (nSPS) is 11.9. The van der Waals surface area contributed by atoms with Crippen molar-refractivity contribution in [3.63, 3.8) is 0 Å². The van der Waals surface area contributed by atoms with Crippen molar-refractivity contribution in [3.8, 4) is 0 Å². The van der Waals surface area contributed by atoms with Crippen LogP contribution in [-0.2, 0) is 9.84 Å². The van der Waals surface area contributed by atoms with Crippen LogP contribution in [0.15, 0.2) is 28.1 Å². The zero-order valence-electron chi connectivity index (χ0n) is 16.1. The molecule has 9 nitrogen and oxygen atoms in total. The average Bonchev–Trinajstić information content (AvgIpc) is 2.61. The fraction of sp³-hybridized carbons (Fsp3) is 0.588. The van der Waals surface area contributed by atoms with Gasteiger partial charge in [0.2, 0.25) is 0 Å². The number of nitro benzene ring substituents is 1. The van der Waals surface area contributed by atoms with E-state index < -0.39 is 14.8 Å². The first-order valence-corrected chi connectivity index (χ1v) is 10.9. The second-order valence-corrected chi connectivity index (χ2v) is 8.05. The molecule has 152 valence electrons. The summed E-state index contributed by atoms with van der Waals surface area (Å²) in [4.78, 5) is 15.0. The molecule has 0 aliphatic rings. The average molecular weight is 400 g/mol. The standard InChI is InChI=1S/C17H29N5O4S/c1-4-6-7-10-20-17(18-5-2)21-12-11-19-15-9-8-14(27(3,25)26)13-16(15)22(23)24/h8-9,13,19H,4-7,10-12H2,1-3H3,(H2,18,20,21). The number of anilines is 1. The molecule has 27 heavy (non-hydrogen) atoms. The highest BCUT2D eigenvalue weighted by Gasteiger charge is 2.18. The van der Waals surface area contributed by atoms with Gasteiger partial charge in [0, 0.05) is 38.5 Å². The molecule has 0 spiro atoms. The molecule has 0 heterocycles. The lowest BCUT2D eigenvalue weighted by Crippen LogP contribution is -2.39. The maximum atomic E-state index is 11.6. The van der Waals surface area contributed by atoms with Crippen molar-refractivity contribution in [1.82, 2.24) is 10.6 Å². The Morgan fingerprint density at radius 3 is 2.52 bits per heavy atom. The summed E-state index contributed by atoms with van der Waals surface area (Å²) in [6, 6.07) is 3.85. The summed E-state index contributed by atoms with van der Waals surface area (Å²) in [5.74, 6) is 0.706. The molecule has 1 aromatic carbocycles. The number of aliphatic imine (C=N–C) groups is 1. The molecule has 0 aliphatic heterocycles. The second-order valence-electron chi connectivity index (χ2n) is 6.03. The van der Waals surface area contributed by atoms with Crippen molar-refractivity contribution < 1.29 is 13.3 Å². The van der Waals surface area contributed by atoms with E-state index in [9.17, 15) is 18.5 Å². The Morgan fingerprint density at radius 1 is 1.19 bits per heavy atom. The van der Waals surface area contributed by atoms with E-state index in [-0.39, 0.29) is 16.3 Å². The zero-order valence-corrected chi connectivity index (χ0v) is 16.9. The number of unbranched alkanes of at least 4 members (excludes halogenated alkanes) is 2. The highest BCUT2D eigenvalue weighted by Crippen LogP contribution is 2.27. The summed E-state index contributed by atoms with van der Waals surface area (Å²) in [5.41, 5.74) is 0.0112. The Labute approximate surface area is 160 Å². The van der Waals surface area contributed by atoms with Gasteiger partial charge in [-0.15, -0.1) is 0 Å².